The molecule has 0 aliphatic carbocycles. The summed E-state index contributed by atoms with van der Waals surface area (Å²) in [6.07, 6.45) is 2.66. The lowest BCUT2D eigenvalue weighted by molar-refractivity contribution is -0.155. The van der Waals surface area contributed by atoms with Gasteiger partial charge in [-0.2, -0.15) is 0 Å². The number of amides is 2. The van der Waals surface area contributed by atoms with E-state index in [1.54, 1.807) is 32.0 Å². The van der Waals surface area contributed by atoms with Crippen molar-refractivity contribution in [1.29, 1.82) is 0 Å². The fourth-order valence-electron chi connectivity index (χ4n) is 4.06. The van der Waals surface area contributed by atoms with E-state index in [-0.39, 0.29) is 48.9 Å². The van der Waals surface area contributed by atoms with Crippen LogP contribution < -0.4 is 10.9 Å². The van der Waals surface area contributed by atoms with Crippen LogP contribution in [0.2, 0.25) is 10.0 Å². The summed E-state index contributed by atoms with van der Waals surface area (Å²) in [5.41, 5.74) is 5.27. The first-order valence-corrected chi connectivity index (χ1v) is 14.5. The largest absolute Gasteiger partial charge is 0.459 e. The van der Waals surface area contributed by atoms with E-state index >= 15 is 0 Å². The monoisotopic (exact) mass is 688 g/mol. The molecular formula is C30H24Cl2F2N6O7. The van der Waals surface area contributed by atoms with Gasteiger partial charge >= 0.3 is 23.7 Å². The van der Waals surface area contributed by atoms with E-state index < -0.39 is 35.4 Å². The molecule has 0 saturated carbocycles. The third kappa shape index (κ3) is 9.37. The zero-order chi connectivity index (χ0) is 34.1. The Hall–Kier alpha value is -5.28. The van der Waals surface area contributed by atoms with E-state index in [4.69, 9.17) is 32.4 Å². The number of halogens is 4. The van der Waals surface area contributed by atoms with Crippen LogP contribution in [0.5, 0.6) is 0 Å². The summed E-state index contributed by atoms with van der Waals surface area (Å²) in [5, 5.41) is 9.14. The van der Waals surface area contributed by atoms with Gasteiger partial charge in [0.15, 0.2) is 0 Å². The lowest BCUT2D eigenvalue weighted by Crippen LogP contribution is -2.46. The molecule has 2 aromatic carbocycles. The third-order valence-corrected chi connectivity index (χ3v) is 6.35. The van der Waals surface area contributed by atoms with Gasteiger partial charge in [-0.25, -0.2) is 18.4 Å². The summed E-state index contributed by atoms with van der Waals surface area (Å²) in [7, 11) is 0. The fourth-order valence-corrected chi connectivity index (χ4v) is 4.39. The number of carbonyl (C=O) groups excluding carboxylic acids is 4. The molecule has 244 valence electrons. The number of pyridine rings is 2. The van der Waals surface area contributed by atoms with E-state index in [0.29, 0.717) is 31.9 Å². The maximum absolute atomic E-state index is 14.1. The first-order chi connectivity index (χ1) is 22.5. The van der Waals surface area contributed by atoms with Crippen LogP contribution in [0.15, 0.2) is 53.2 Å². The molecule has 0 saturated heterocycles. The minimum atomic E-state index is -1.12. The molecule has 47 heavy (non-hydrogen) atoms. The van der Waals surface area contributed by atoms with E-state index in [0.717, 1.165) is 6.07 Å². The van der Waals surface area contributed by atoms with E-state index in [2.05, 4.69) is 24.9 Å². The lowest BCUT2D eigenvalue weighted by Gasteiger charge is -2.08. The van der Waals surface area contributed by atoms with Crippen molar-refractivity contribution < 1.29 is 41.8 Å². The van der Waals surface area contributed by atoms with Gasteiger partial charge in [0.1, 0.15) is 22.7 Å². The maximum atomic E-state index is 14.1. The van der Waals surface area contributed by atoms with Crippen molar-refractivity contribution in [3.63, 3.8) is 0 Å². The summed E-state index contributed by atoms with van der Waals surface area (Å²) >= 11 is 11.7. The Morgan fingerprint density at radius 1 is 0.787 bits per heavy atom. The molecule has 0 radical (unpaired) electrons. The van der Waals surface area contributed by atoms with Gasteiger partial charge < -0.3 is 13.9 Å². The molecule has 17 heteroatoms. The predicted molar refractivity (Wildman–Crippen MR) is 163 cm³/mol. The Bertz CT molecular complexity index is 1970. The number of hydrogen-bond acceptors (Lipinski definition) is 11. The minimum Gasteiger partial charge on any atom is -0.459 e. The number of aromatic nitrogens is 4. The Morgan fingerprint density at radius 2 is 1.36 bits per heavy atom. The highest BCUT2D eigenvalue weighted by Crippen LogP contribution is 2.23. The molecule has 0 unspecified atom stereocenters. The summed E-state index contributed by atoms with van der Waals surface area (Å²) < 4.78 is 42.5. The number of esters is 2. The van der Waals surface area contributed by atoms with Crippen molar-refractivity contribution in [3.05, 3.63) is 93.4 Å². The number of nitrogens with one attached hydrogen (secondary N) is 2. The van der Waals surface area contributed by atoms with Gasteiger partial charge in [0.2, 0.25) is 11.8 Å². The Morgan fingerprint density at radius 3 is 1.96 bits per heavy atom. The van der Waals surface area contributed by atoms with E-state index in [9.17, 15) is 28.0 Å². The highest BCUT2D eigenvalue weighted by atomic mass is 35.5. The Labute approximate surface area is 274 Å². The highest BCUT2D eigenvalue weighted by Gasteiger charge is 2.18. The van der Waals surface area contributed by atoms with Crippen molar-refractivity contribution in [2.24, 2.45) is 0 Å². The van der Waals surface area contributed by atoms with Crippen LogP contribution in [0.4, 0.5) is 8.78 Å². The second-order valence-corrected chi connectivity index (χ2v) is 10.3. The van der Waals surface area contributed by atoms with Gasteiger partial charge in [-0.3, -0.25) is 30.4 Å². The van der Waals surface area contributed by atoms with Crippen LogP contribution in [-0.2, 0) is 36.7 Å². The SMILES string of the molecule is CCOC(=O)C(=O)NNC(=O)Cc1cc(F)c2ncc(Cl)cc2c1.CCOC(=O)c1nnc(Cc2cc(F)c3ncc(Cl)cc3c2)o1. The number of hydrazine groups is 1. The lowest BCUT2D eigenvalue weighted by atomic mass is 10.1. The molecule has 2 N–H and O–H groups in total. The number of hydrogen-bond donors (Lipinski definition) is 2. The molecule has 0 fully saturated rings. The number of nitrogens with zero attached hydrogens (tertiary/aromatic N) is 4. The van der Waals surface area contributed by atoms with Gasteiger partial charge in [-0.15, -0.1) is 10.2 Å². The zero-order valence-corrected chi connectivity index (χ0v) is 26.1. The van der Waals surface area contributed by atoms with Crippen LogP contribution in [0.1, 0.15) is 41.6 Å². The van der Waals surface area contributed by atoms with Gasteiger partial charge in [-0.05, 0) is 61.4 Å². The number of fused-ring (bicyclic) bond motifs is 2. The fraction of sp³-hybridized carbons (Fsp3) is 0.200. The second-order valence-electron chi connectivity index (χ2n) is 9.40. The molecule has 0 aliphatic heterocycles. The molecule has 2 amide bonds. The van der Waals surface area contributed by atoms with Gasteiger partial charge in [0.25, 0.3) is 0 Å². The standard InChI is InChI=1S/C15H13ClFN3O4.C15H11ClFN3O3/c1-2-24-15(23)14(22)20-19-12(21)5-8-3-9-6-10(16)7-18-13(9)11(17)4-8;1-2-22-15(21)14-20-19-12(23-14)5-8-3-9-6-10(16)7-18-13(9)11(17)4-8/h3-4,6-7H,2,5H2,1H3,(H,19,21)(H,20,22);3-4,6-7H,2,5H2,1H3. The Balaban J connectivity index is 0.000000213. The van der Waals surface area contributed by atoms with Crippen LogP contribution >= 0.6 is 23.2 Å². The van der Waals surface area contributed by atoms with Gasteiger partial charge in [0.05, 0.1) is 36.1 Å². The summed E-state index contributed by atoms with van der Waals surface area (Å²) in [6, 6.07) is 8.92. The van der Waals surface area contributed by atoms with Crippen molar-refractivity contribution in [1.82, 2.24) is 31.0 Å². The zero-order valence-electron chi connectivity index (χ0n) is 24.6. The topological polar surface area (TPSA) is 175 Å². The molecule has 5 aromatic rings. The molecule has 13 nitrogen and oxygen atoms in total. The van der Waals surface area contributed by atoms with Gasteiger partial charge in [-0.1, -0.05) is 23.2 Å². The third-order valence-electron chi connectivity index (χ3n) is 5.94. The molecule has 0 aliphatic rings. The van der Waals surface area contributed by atoms with E-state index in [1.807, 2.05) is 10.9 Å². The van der Waals surface area contributed by atoms with Crippen molar-refractivity contribution >= 4 is 68.8 Å². The van der Waals surface area contributed by atoms with Crippen LogP contribution in [0.3, 0.4) is 0 Å². The summed E-state index contributed by atoms with van der Waals surface area (Å²) in [4.78, 5) is 53.4. The highest BCUT2D eigenvalue weighted by molar-refractivity contribution is 6.32. The van der Waals surface area contributed by atoms with E-state index in [1.165, 1.54) is 24.5 Å². The molecule has 0 atom stereocenters. The van der Waals surface area contributed by atoms with Crippen LogP contribution in [0, 0.1) is 11.6 Å². The quantitative estimate of drug-likeness (QED) is 0.140. The smallest absolute Gasteiger partial charge is 0.398 e. The summed E-state index contributed by atoms with van der Waals surface area (Å²) in [5.74, 6) is -4.66. The second kappa shape index (κ2) is 15.8. The first kappa shape index (κ1) is 34.6. The molecule has 0 spiro atoms. The normalized spacial score (nSPS) is 10.6. The van der Waals surface area contributed by atoms with Gasteiger partial charge in [0, 0.05) is 23.2 Å². The number of benzene rings is 2. The maximum Gasteiger partial charge on any atom is 0.398 e. The predicted octanol–water partition coefficient (Wildman–Crippen LogP) is 4.46. The van der Waals surface area contributed by atoms with Crippen molar-refractivity contribution in [3.8, 4) is 0 Å². The summed E-state index contributed by atoms with van der Waals surface area (Å²) in [6.45, 7) is 3.46. The number of ether oxygens (including phenoxy) is 2. The average Bonchev–Trinajstić information content (AvgIpc) is 3.48. The van der Waals surface area contributed by atoms with Crippen LogP contribution in [-0.4, -0.2) is 57.1 Å². The van der Waals surface area contributed by atoms with Crippen molar-refractivity contribution in [2.75, 3.05) is 13.2 Å². The molecule has 3 aromatic heterocycles. The molecular weight excluding hydrogens is 665 g/mol. The minimum absolute atomic E-state index is 0.0349. The average molecular weight is 689 g/mol. The first-order valence-electron chi connectivity index (χ1n) is 13.7. The molecule has 5 rings (SSSR count). The Kier molecular flexibility index (Phi) is 11.6. The number of rotatable bonds is 7. The number of carbonyl (C=O) groups is 4. The molecule has 0 bridgehead atoms. The van der Waals surface area contributed by atoms with Crippen LogP contribution in [0.25, 0.3) is 21.8 Å². The molecule has 3 heterocycles. The van der Waals surface area contributed by atoms with Crippen molar-refractivity contribution in [2.45, 2.75) is 26.7 Å².